The normalized spacial score (nSPS) is 10.3. The zero-order valence-electron chi connectivity index (χ0n) is 14.4. The number of methoxy groups -OCH3 is 1. The molecule has 7 nitrogen and oxygen atoms in total. The van der Waals surface area contributed by atoms with Gasteiger partial charge < -0.3 is 19.5 Å². The lowest BCUT2D eigenvalue weighted by atomic mass is 10.2. The van der Waals surface area contributed by atoms with E-state index in [9.17, 15) is 14.4 Å². The summed E-state index contributed by atoms with van der Waals surface area (Å²) in [6.45, 7) is 2.01. The van der Waals surface area contributed by atoms with Crippen LogP contribution in [0, 0.1) is 0 Å². The first-order chi connectivity index (χ1) is 12.0. The van der Waals surface area contributed by atoms with Crippen molar-refractivity contribution in [2.24, 2.45) is 0 Å². The number of benzene rings is 1. The van der Waals surface area contributed by atoms with Crippen LogP contribution in [0.25, 0.3) is 6.08 Å². The van der Waals surface area contributed by atoms with Gasteiger partial charge in [-0.25, -0.2) is 4.79 Å². The van der Waals surface area contributed by atoms with Crippen LogP contribution in [0.2, 0.25) is 0 Å². The summed E-state index contributed by atoms with van der Waals surface area (Å²) in [4.78, 5) is 34.2. The van der Waals surface area contributed by atoms with Crippen molar-refractivity contribution in [3.63, 3.8) is 0 Å². The smallest absolute Gasteiger partial charge is 0.331 e. The Morgan fingerprint density at radius 3 is 2.72 bits per heavy atom. The third-order valence-electron chi connectivity index (χ3n) is 3.04. The highest BCUT2D eigenvalue weighted by molar-refractivity contribution is 5.89. The van der Waals surface area contributed by atoms with Crippen LogP contribution < -0.4 is 10.1 Å². The average molecular weight is 349 g/mol. The van der Waals surface area contributed by atoms with E-state index in [2.05, 4.69) is 5.32 Å². The first kappa shape index (κ1) is 20.2. The van der Waals surface area contributed by atoms with E-state index in [4.69, 9.17) is 14.2 Å². The van der Waals surface area contributed by atoms with E-state index in [1.807, 2.05) is 6.07 Å². The van der Waals surface area contributed by atoms with Gasteiger partial charge in [-0.1, -0.05) is 12.1 Å². The second-order valence-corrected chi connectivity index (χ2v) is 4.98. The Morgan fingerprint density at radius 1 is 1.20 bits per heavy atom. The second-order valence-electron chi connectivity index (χ2n) is 4.98. The molecule has 0 spiro atoms. The van der Waals surface area contributed by atoms with E-state index in [1.54, 1.807) is 38.3 Å². The van der Waals surface area contributed by atoms with Crippen molar-refractivity contribution < 1.29 is 28.6 Å². The van der Waals surface area contributed by atoms with Gasteiger partial charge in [0.05, 0.1) is 13.7 Å². The minimum absolute atomic E-state index is 0.233. The summed E-state index contributed by atoms with van der Waals surface area (Å²) in [5, 5.41) is 2.56. The molecule has 0 heterocycles. The maximum absolute atomic E-state index is 11.6. The molecule has 0 aliphatic carbocycles. The highest BCUT2D eigenvalue weighted by Crippen LogP contribution is 2.13. The lowest BCUT2D eigenvalue weighted by molar-refractivity contribution is -0.143. The number of hydrogen-bond acceptors (Lipinski definition) is 6. The van der Waals surface area contributed by atoms with Gasteiger partial charge in [-0.15, -0.1) is 0 Å². The van der Waals surface area contributed by atoms with Gasteiger partial charge in [0.15, 0.2) is 6.61 Å². The van der Waals surface area contributed by atoms with Crippen molar-refractivity contribution in [2.45, 2.75) is 19.8 Å². The molecule has 1 amide bonds. The highest BCUT2D eigenvalue weighted by atomic mass is 16.5. The number of amides is 1. The zero-order chi connectivity index (χ0) is 18.5. The van der Waals surface area contributed by atoms with Crippen molar-refractivity contribution in [1.82, 2.24) is 5.32 Å². The Bertz CT molecular complexity index is 611. The summed E-state index contributed by atoms with van der Waals surface area (Å²) in [6, 6.07) is 7.16. The van der Waals surface area contributed by atoms with Crippen molar-refractivity contribution in [2.75, 3.05) is 26.9 Å². The molecule has 0 unspecified atom stereocenters. The number of hydrogen-bond donors (Lipinski definition) is 1. The van der Waals surface area contributed by atoms with Crippen LogP contribution in [-0.2, 0) is 23.9 Å². The molecule has 0 saturated heterocycles. The predicted molar refractivity (Wildman–Crippen MR) is 91.9 cm³/mol. The van der Waals surface area contributed by atoms with Crippen LogP contribution >= 0.6 is 0 Å². The monoisotopic (exact) mass is 349 g/mol. The Balaban J connectivity index is 2.23. The number of esters is 2. The molecule has 0 aliphatic heterocycles. The fourth-order valence-corrected chi connectivity index (χ4v) is 1.84. The van der Waals surface area contributed by atoms with Crippen molar-refractivity contribution in [3.05, 3.63) is 35.9 Å². The fourth-order valence-electron chi connectivity index (χ4n) is 1.84. The lowest BCUT2D eigenvalue weighted by Gasteiger charge is -2.05. The molecule has 1 N–H and O–H groups in total. The maximum atomic E-state index is 11.6. The molecule has 0 atom stereocenters. The van der Waals surface area contributed by atoms with E-state index < -0.39 is 11.9 Å². The SMILES string of the molecule is CCOC(=O)CCCNC(=O)COC(=O)C=Cc1cccc(OC)c1. The van der Waals surface area contributed by atoms with Crippen LogP contribution in [-0.4, -0.2) is 44.7 Å². The van der Waals surface area contributed by atoms with Crippen molar-refractivity contribution in [1.29, 1.82) is 0 Å². The molecule has 7 heteroatoms. The maximum Gasteiger partial charge on any atom is 0.331 e. The number of nitrogens with one attached hydrogen (secondary N) is 1. The predicted octanol–water partition coefficient (Wildman–Crippen LogP) is 1.71. The van der Waals surface area contributed by atoms with Crippen LogP contribution in [0.4, 0.5) is 0 Å². The average Bonchev–Trinajstić information content (AvgIpc) is 2.62. The Hall–Kier alpha value is -2.83. The summed E-state index contributed by atoms with van der Waals surface area (Å²) >= 11 is 0. The number of ether oxygens (including phenoxy) is 3. The van der Waals surface area contributed by atoms with Crippen LogP contribution in [0.5, 0.6) is 5.75 Å². The summed E-state index contributed by atoms with van der Waals surface area (Å²) in [7, 11) is 1.56. The van der Waals surface area contributed by atoms with E-state index in [0.717, 1.165) is 5.56 Å². The van der Waals surface area contributed by atoms with Gasteiger partial charge in [-0.3, -0.25) is 9.59 Å². The molecule has 0 aromatic heterocycles. The molecule has 0 aliphatic rings. The van der Waals surface area contributed by atoms with Crippen LogP contribution in [0.15, 0.2) is 30.3 Å². The first-order valence-electron chi connectivity index (χ1n) is 7.96. The topological polar surface area (TPSA) is 90.9 Å². The summed E-state index contributed by atoms with van der Waals surface area (Å²) in [5.74, 6) is -0.667. The highest BCUT2D eigenvalue weighted by Gasteiger charge is 2.06. The third-order valence-corrected chi connectivity index (χ3v) is 3.04. The van der Waals surface area contributed by atoms with Gasteiger partial charge in [0, 0.05) is 19.0 Å². The molecule has 1 aromatic rings. The summed E-state index contributed by atoms with van der Waals surface area (Å²) in [6.07, 6.45) is 3.51. The molecule has 1 rings (SSSR count). The van der Waals surface area contributed by atoms with Gasteiger partial charge in [0.25, 0.3) is 5.91 Å². The van der Waals surface area contributed by atoms with Gasteiger partial charge >= 0.3 is 11.9 Å². The molecule has 0 fully saturated rings. The molecular weight excluding hydrogens is 326 g/mol. The molecule has 0 saturated carbocycles. The van der Waals surface area contributed by atoms with Gasteiger partial charge in [-0.2, -0.15) is 0 Å². The molecular formula is C18H23NO6. The van der Waals surface area contributed by atoms with Gasteiger partial charge in [0.1, 0.15) is 5.75 Å². The van der Waals surface area contributed by atoms with E-state index in [0.29, 0.717) is 25.3 Å². The van der Waals surface area contributed by atoms with Crippen molar-refractivity contribution >= 4 is 23.9 Å². The molecule has 0 radical (unpaired) electrons. The fraction of sp³-hybridized carbons (Fsp3) is 0.389. The van der Waals surface area contributed by atoms with Crippen molar-refractivity contribution in [3.8, 4) is 5.75 Å². The Kier molecular flexibility index (Phi) is 9.43. The quantitative estimate of drug-likeness (QED) is 0.393. The third kappa shape index (κ3) is 9.14. The summed E-state index contributed by atoms with van der Waals surface area (Å²) < 4.78 is 14.7. The van der Waals surface area contributed by atoms with Crippen LogP contribution in [0.3, 0.4) is 0 Å². The zero-order valence-corrected chi connectivity index (χ0v) is 14.4. The molecule has 25 heavy (non-hydrogen) atoms. The Labute approximate surface area is 146 Å². The lowest BCUT2D eigenvalue weighted by Crippen LogP contribution is -2.29. The van der Waals surface area contributed by atoms with E-state index in [-0.39, 0.29) is 19.0 Å². The second kappa shape index (κ2) is 11.7. The Morgan fingerprint density at radius 2 is 2.00 bits per heavy atom. The first-order valence-corrected chi connectivity index (χ1v) is 7.96. The standard InChI is InChI=1S/C18H23NO6/c1-3-24-17(21)8-5-11-19-16(20)13-25-18(22)10-9-14-6-4-7-15(12-14)23-2/h4,6-7,9-10,12H,3,5,8,11,13H2,1-2H3,(H,19,20). The molecule has 1 aromatic carbocycles. The minimum atomic E-state index is -0.621. The largest absolute Gasteiger partial charge is 0.497 e. The molecule has 0 bridgehead atoms. The van der Waals surface area contributed by atoms with E-state index in [1.165, 1.54) is 6.08 Å². The van der Waals surface area contributed by atoms with Gasteiger partial charge in [-0.05, 0) is 37.1 Å². The molecule has 136 valence electrons. The van der Waals surface area contributed by atoms with E-state index >= 15 is 0 Å². The van der Waals surface area contributed by atoms with Gasteiger partial charge in [0.2, 0.25) is 0 Å². The van der Waals surface area contributed by atoms with Crippen LogP contribution in [0.1, 0.15) is 25.3 Å². The minimum Gasteiger partial charge on any atom is -0.497 e. The summed E-state index contributed by atoms with van der Waals surface area (Å²) in [5.41, 5.74) is 0.778. The number of rotatable bonds is 10. The number of carbonyl (C=O) groups is 3. The number of carbonyl (C=O) groups excluding carboxylic acids is 3.